The molecule has 0 heterocycles. The van der Waals surface area contributed by atoms with Gasteiger partial charge in [0.2, 0.25) is 5.91 Å². The molecule has 0 aromatic heterocycles. The lowest BCUT2D eigenvalue weighted by Gasteiger charge is -2.14. The van der Waals surface area contributed by atoms with E-state index < -0.39 is 35.2 Å². The van der Waals surface area contributed by atoms with Crippen molar-refractivity contribution in [2.45, 2.75) is 18.9 Å². The zero-order valence-corrected chi connectivity index (χ0v) is 10.3. The minimum atomic E-state index is -1.36. The number of primary amides is 1. The van der Waals surface area contributed by atoms with Gasteiger partial charge in [0.1, 0.15) is 17.6 Å². The summed E-state index contributed by atoms with van der Waals surface area (Å²) >= 11 is 0. The molecule has 0 aliphatic heterocycles. The Hall–Kier alpha value is -2.64. The van der Waals surface area contributed by atoms with Crippen LogP contribution in [-0.4, -0.2) is 34.0 Å². The van der Waals surface area contributed by atoms with Gasteiger partial charge in [-0.3, -0.25) is 9.59 Å². The van der Waals surface area contributed by atoms with Crippen LogP contribution in [0.2, 0.25) is 0 Å². The molecule has 1 aromatic rings. The Morgan fingerprint density at radius 2 is 2.00 bits per heavy atom. The molecule has 5 N–H and O–H groups in total. The summed E-state index contributed by atoms with van der Waals surface area (Å²) in [4.78, 5) is 33.2. The summed E-state index contributed by atoms with van der Waals surface area (Å²) in [5, 5.41) is 20.0. The fourth-order valence-corrected chi connectivity index (χ4v) is 1.47. The third kappa shape index (κ3) is 4.23. The first-order valence-electron chi connectivity index (χ1n) is 5.61. The van der Waals surface area contributed by atoms with Crippen LogP contribution in [0.25, 0.3) is 0 Å². The number of amides is 2. The Morgan fingerprint density at radius 1 is 1.35 bits per heavy atom. The number of rotatable bonds is 6. The van der Waals surface area contributed by atoms with E-state index in [2.05, 4.69) is 5.32 Å². The largest absolute Gasteiger partial charge is 0.508 e. The van der Waals surface area contributed by atoms with Crippen LogP contribution in [0.1, 0.15) is 23.2 Å². The highest BCUT2D eigenvalue weighted by atomic mass is 19.1. The van der Waals surface area contributed by atoms with Gasteiger partial charge in [-0.1, -0.05) is 0 Å². The van der Waals surface area contributed by atoms with E-state index in [0.29, 0.717) is 0 Å². The van der Waals surface area contributed by atoms with E-state index in [-0.39, 0.29) is 18.6 Å². The van der Waals surface area contributed by atoms with Gasteiger partial charge >= 0.3 is 5.97 Å². The summed E-state index contributed by atoms with van der Waals surface area (Å²) in [7, 11) is 0. The standard InChI is InChI=1S/C12H13FN2O5/c13-8-5-6(16)1-2-7(8)11(18)15-9(12(19)20)3-4-10(14)17/h1-2,5,9,16H,3-4H2,(H2,14,17)(H,15,18)(H,19,20). The molecule has 108 valence electrons. The second-order valence-electron chi connectivity index (χ2n) is 4.03. The minimum Gasteiger partial charge on any atom is -0.508 e. The zero-order valence-electron chi connectivity index (χ0n) is 10.3. The quantitative estimate of drug-likeness (QED) is 0.583. The molecule has 1 rings (SSSR count). The summed E-state index contributed by atoms with van der Waals surface area (Å²) in [6.45, 7) is 0. The molecule has 8 heteroatoms. The van der Waals surface area contributed by atoms with Crippen LogP contribution in [-0.2, 0) is 9.59 Å². The molecular formula is C12H13FN2O5. The lowest BCUT2D eigenvalue weighted by molar-refractivity contribution is -0.139. The number of nitrogens with two attached hydrogens (primary N) is 1. The van der Waals surface area contributed by atoms with Crippen molar-refractivity contribution in [2.75, 3.05) is 0 Å². The zero-order chi connectivity index (χ0) is 15.3. The van der Waals surface area contributed by atoms with E-state index in [1.54, 1.807) is 0 Å². The highest BCUT2D eigenvalue weighted by Crippen LogP contribution is 2.15. The van der Waals surface area contributed by atoms with Gasteiger partial charge in [-0.15, -0.1) is 0 Å². The Bertz CT molecular complexity index is 547. The van der Waals surface area contributed by atoms with Crippen LogP contribution < -0.4 is 11.1 Å². The maximum absolute atomic E-state index is 13.4. The maximum Gasteiger partial charge on any atom is 0.326 e. The molecule has 0 saturated carbocycles. The molecule has 0 aliphatic rings. The molecule has 1 atom stereocenters. The van der Waals surface area contributed by atoms with Crippen molar-refractivity contribution in [1.82, 2.24) is 5.32 Å². The van der Waals surface area contributed by atoms with E-state index in [9.17, 15) is 18.8 Å². The predicted molar refractivity (Wildman–Crippen MR) is 65.4 cm³/mol. The number of benzene rings is 1. The van der Waals surface area contributed by atoms with Gasteiger partial charge in [0.25, 0.3) is 5.91 Å². The van der Waals surface area contributed by atoms with Crippen molar-refractivity contribution >= 4 is 17.8 Å². The average Bonchev–Trinajstić information content (AvgIpc) is 2.33. The number of halogens is 1. The first-order valence-corrected chi connectivity index (χ1v) is 5.61. The van der Waals surface area contributed by atoms with Crippen molar-refractivity contribution in [3.63, 3.8) is 0 Å². The molecule has 0 bridgehead atoms. The first kappa shape index (κ1) is 15.4. The Balaban J connectivity index is 2.80. The maximum atomic E-state index is 13.4. The van der Waals surface area contributed by atoms with Crippen molar-refractivity contribution in [2.24, 2.45) is 5.73 Å². The fraction of sp³-hybridized carbons (Fsp3) is 0.250. The fourth-order valence-electron chi connectivity index (χ4n) is 1.47. The van der Waals surface area contributed by atoms with Gasteiger partial charge in [-0.2, -0.15) is 0 Å². The molecule has 0 saturated heterocycles. The molecule has 1 unspecified atom stereocenters. The number of carbonyl (C=O) groups is 3. The van der Waals surface area contributed by atoms with E-state index in [1.807, 2.05) is 0 Å². The van der Waals surface area contributed by atoms with Gasteiger partial charge in [0.15, 0.2) is 0 Å². The van der Waals surface area contributed by atoms with Gasteiger partial charge in [0.05, 0.1) is 5.56 Å². The number of aromatic hydroxyl groups is 1. The summed E-state index contributed by atoms with van der Waals surface area (Å²) in [6.07, 6.45) is -0.425. The molecule has 0 spiro atoms. The van der Waals surface area contributed by atoms with Crippen LogP contribution >= 0.6 is 0 Å². The third-order valence-electron chi connectivity index (χ3n) is 2.48. The highest BCUT2D eigenvalue weighted by Gasteiger charge is 2.22. The average molecular weight is 284 g/mol. The molecule has 1 aromatic carbocycles. The van der Waals surface area contributed by atoms with Crippen LogP contribution in [0.5, 0.6) is 5.75 Å². The molecule has 20 heavy (non-hydrogen) atoms. The summed E-state index contributed by atoms with van der Waals surface area (Å²) in [6, 6.07) is 1.49. The van der Waals surface area contributed by atoms with Crippen LogP contribution in [0, 0.1) is 5.82 Å². The monoisotopic (exact) mass is 284 g/mol. The molecule has 0 fully saturated rings. The SMILES string of the molecule is NC(=O)CCC(NC(=O)c1ccc(O)cc1F)C(=O)O. The van der Waals surface area contributed by atoms with Crippen LogP contribution in [0.3, 0.4) is 0 Å². The summed E-state index contributed by atoms with van der Waals surface area (Å²) < 4.78 is 13.4. The summed E-state index contributed by atoms with van der Waals surface area (Å²) in [5.74, 6) is -4.37. The van der Waals surface area contributed by atoms with Crippen molar-refractivity contribution in [1.29, 1.82) is 0 Å². The van der Waals surface area contributed by atoms with Crippen molar-refractivity contribution < 1.29 is 29.0 Å². The summed E-state index contributed by atoms with van der Waals surface area (Å²) in [5.41, 5.74) is 4.48. The number of carboxylic acids is 1. The number of carboxylic acid groups (broad SMARTS) is 1. The lowest BCUT2D eigenvalue weighted by atomic mass is 10.1. The Labute approximate surface area is 113 Å². The van der Waals surface area contributed by atoms with E-state index in [4.69, 9.17) is 15.9 Å². The highest BCUT2D eigenvalue weighted by molar-refractivity contribution is 5.97. The number of phenolic OH excluding ortho intramolecular Hbond substituents is 1. The van der Waals surface area contributed by atoms with Crippen LogP contribution in [0.4, 0.5) is 4.39 Å². The molecule has 0 radical (unpaired) electrons. The number of aliphatic carboxylic acids is 1. The number of phenols is 1. The Kier molecular flexibility index (Phi) is 5.01. The number of hydrogen-bond acceptors (Lipinski definition) is 4. The lowest BCUT2D eigenvalue weighted by Crippen LogP contribution is -2.41. The van der Waals surface area contributed by atoms with E-state index in [1.165, 1.54) is 0 Å². The van der Waals surface area contributed by atoms with Crippen LogP contribution in [0.15, 0.2) is 18.2 Å². The third-order valence-corrected chi connectivity index (χ3v) is 2.48. The predicted octanol–water partition coefficient (Wildman–Crippen LogP) is -0.0202. The second-order valence-corrected chi connectivity index (χ2v) is 4.03. The van der Waals surface area contributed by atoms with Gasteiger partial charge in [-0.25, -0.2) is 9.18 Å². The Morgan fingerprint density at radius 3 is 2.50 bits per heavy atom. The molecule has 2 amide bonds. The van der Waals surface area contributed by atoms with E-state index >= 15 is 0 Å². The topological polar surface area (TPSA) is 130 Å². The van der Waals surface area contributed by atoms with Gasteiger partial charge in [-0.05, 0) is 18.6 Å². The molecular weight excluding hydrogens is 271 g/mol. The van der Waals surface area contributed by atoms with E-state index in [0.717, 1.165) is 18.2 Å². The second kappa shape index (κ2) is 6.50. The molecule has 7 nitrogen and oxygen atoms in total. The van der Waals surface area contributed by atoms with Gasteiger partial charge < -0.3 is 21.3 Å². The number of hydrogen-bond donors (Lipinski definition) is 4. The smallest absolute Gasteiger partial charge is 0.326 e. The van der Waals surface area contributed by atoms with Gasteiger partial charge in [0, 0.05) is 12.5 Å². The number of nitrogens with one attached hydrogen (secondary N) is 1. The van der Waals surface area contributed by atoms with Crippen molar-refractivity contribution in [3.8, 4) is 5.75 Å². The first-order chi connectivity index (χ1) is 9.31. The van der Waals surface area contributed by atoms with Crippen molar-refractivity contribution in [3.05, 3.63) is 29.6 Å². The molecule has 0 aliphatic carbocycles. The number of carbonyl (C=O) groups excluding carboxylic acids is 2. The normalized spacial score (nSPS) is 11.7. The minimum absolute atomic E-state index is 0.198.